The zero-order chi connectivity index (χ0) is 19.5. The Morgan fingerprint density at radius 3 is 2.70 bits per heavy atom. The van der Waals surface area contributed by atoms with Gasteiger partial charge in [-0.2, -0.15) is 10.4 Å². The molecule has 0 aliphatic carbocycles. The number of nitriles is 1. The van der Waals surface area contributed by atoms with Gasteiger partial charge in [0.15, 0.2) is 5.11 Å². The first-order valence-corrected chi connectivity index (χ1v) is 9.38. The van der Waals surface area contributed by atoms with Crippen LogP contribution >= 0.6 is 12.2 Å². The summed E-state index contributed by atoms with van der Waals surface area (Å²) in [4.78, 5) is 2.19. The number of benzene rings is 2. The van der Waals surface area contributed by atoms with Crippen molar-refractivity contribution in [2.75, 3.05) is 18.0 Å². The van der Waals surface area contributed by atoms with Crippen LogP contribution in [0.1, 0.15) is 30.0 Å². The van der Waals surface area contributed by atoms with Crippen LogP contribution in [0, 0.1) is 18.3 Å². The monoisotopic (exact) mass is 379 g/mol. The van der Waals surface area contributed by atoms with Crippen molar-refractivity contribution in [1.82, 2.24) is 10.7 Å². The molecule has 0 heterocycles. The highest BCUT2D eigenvalue weighted by molar-refractivity contribution is 7.80. The average Bonchev–Trinajstić information content (AvgIpc) is 2.69. The lowest BCUT2D eigenvalue weighted by molar-refractivity contribution is 0.826. The highest BCUT2D eigenvalue weighted by Crippen LogP contribution is 2.18. The van der Waals surface area contributed by atoms with Gasteiger partial charge in [-0.15, -0.1) is 0 Å². The van der Waals surface area contributed by atoms with Crippen molar-refractivity contribution in [3.05, 3.63) is 65.2 Å². The Balaban J connectivity index is 1.89. The first kappa shape index (κ1) is 20.4. The summed E-state index contributed by atoms with van der Waals surface area (Å²) < 4.78 is 0. The molecule has 0 spiro atoms. The fourth-order valence-electron chi connectivity index (χ4n) is 2.63. The lowest BCUT2D eigenvalue weighted by Gasteiger charge is -2.22. The van der Waals surface area contributed by atoms with Crippen molar-refractivity contribution in [1.29, 1.82) is 5.26 Å². The van der Waals surface area contributed by atoms with Gasteiger partial charge in [-0.1, -0.05) is 36.4 Å². The van der Waals surface area contributed by atoms with E-state index in [4.69, 9.17) is 17.5 Å². The van der Waals surface area contributed by atoms with Crippen LogP contribution in [0.5, 0.6) is 0 Å². The zero-order valence-electron chi connectivity index (χ0n) is 15.8. The fraction of sp³-hybridized carbons (Fsp3) is 0.286. The second-order valence-corrected chi connectivity index (χ2v) is 6.48. The molecule has 0 atom stereocenters. The predicted octanol–water partition coefficient (Wildman–Crippen LogP) is 3.73. The topological polar surface area (TPSA) is 63.5 Å². The molecular weight excluding hydrogens is 354 g/mol. The van der Waals surface area contributed by atoms with Crippen molar-refractivity contribution in [3.8, 4) is 6.07 Å². The summed E-state index contributed by atoms with van der Waals surface area (Å²) in [6.07, 6.45) is 2.29. The molecule has 0 aromatic heterocycles. The van der Waals surface area contributed by atoms with Gasteiger partial charge in [-0.05, 0) is 54.9 Å². The Labute approximate surface area is 166 Å². The van der Waals surface area contributed by atoms with Crippen LogP contribution < -0.4 is 15.6 Å². The van der Waals surface area contributed by atoms with Gasteiger partial charge in [0.25, 0.3) is 0 Å². The largest absolute Gasteiger partial charge is 0.371 e. The van der Waals surface area contributed by atoms with E-state index in [2.05, 4.69) is 52.8 Å². The summed E-state index contributed by atoms with van der Waals surface area (Å²) in [5, 5.41) is 16.6. The summed E-state index contributed by atoms with van der Waals surface area (Å²) in [7, 11) is 0. The summed E-state index contributed by atoms with van der Waals surface area (Å²) in [6.45, 7) is 6.41. The van der Waals surface area contributed by atoms with E-state index in [0.717, 1.165) is 35.5 Å². The van der Waals surface area contributed by atoms with Gasteiger partial charge in [0.2, 0.25) is 0 Å². The van der Waals surface area contributed by atoms with E-state index in [1.807, 2.05) is 36.4 Å². The van der Waals surface area contributed by atoms with Gasteiger partial charge in [0, 0.05) is 25.3 Å². The molecule has 5 nitrogen and oxygen atoms in total. The molecule has 0 saturated carbocycles. The van der Waals surface area contributed by atoms with E-state index < -0.39 is 0 Å². The Hall–Kier alpha value is -2.91. The number of aryl methyl sites for hydroxylation is 1. The number of rotatable bonds is 8. The van der Waals surface area contributed by atoms with Crippen LogP contribution in [0.4, 0.5) is 5.69 Å². The minimum atomic E-state index is 0.484. The standard InChI is InChI=1S/C21H25N5S/c1-3-26(13-7-12-22)20-11-10-19(17(2)14-20)16-24-25-21(27)23-15-18-8-5-4-6-9-18/h4-6,8-11,14,16H,3,7,13,15H2,1-2H3,(H2,23,25,27)/b24-16-. The first-order valence-electron chi connectivity index (χ1n) is 8.97. The molecule has 0 fully saturated rings. The normalized spacial score (nSPS) is 10.4. The second kappa shape index (κ2) is 10.9. The van der Waals surface area contributed by atoms with Gasteiger partial charge in [-0.3, -0.25) is 5.43 Å². The van der Waals surface area contributed by atoms with Crippen molar-refractivity contribution in [3.63, 3.8) is 0 Å². The van der Waals surface area contributed by atoms with E-state index in [0.29, 0.717) is 18.1 Å². The van der Waals surface area contributed by atoms with Gasteiger partial charge in [0.05, 0.1) is 18.7 Å². The predicted molar refractivity (Wildman–Crippen MR) is 116 cm³/mol. The average molecular weight is 380 g/mol. The molecule has 0 aliphatic rings. The van der Waals surface area contributed by atoms with E-state index in [1.54, 1.807) is 6.21 Å². The maximum absolute atomic E-state index is 8.78. The molecule has 0 bridgehead atoms. The molecule has 2 rings (SSSR count). The molecular formula is C21H25N5S. The minimum Gasteiger partial charge on any atom is -0.371 e. The number of nitrogens with one attached hydrogen (secondary N) is 2. The third kappa shape index (κ3) is 6.72. The number of thiocarbonyl (C=S) groups is 1. The summed E-state index contributed by atoms with van der Waals surface area (Å²) in [5.41, 5.74) is 7.27. The molecule has 140 valence electrons. The SMILES string of the molecule is CCN(CCC#N)c1ccc(/C=N\NC(=S)NCc2ccccc2)c(C)c1. The maximum atomic E-state index is 8.78. The van der Waals surface area contributed by atoms with Gasteiger partial charge in [0.1, 0.15) is 0 Å². The van der Waals surface area contributed by atoms with Crippen molar-refractivity contribution >= 4 is 29.2 Å². The van der Waals surface area contributed by atoms with E-state index in [1.165, 1.54) is 0 Å². The molecule has 0 amide bonds. The molecule has 2 aromatic rings. The van der Waals surface area contributed by atoms with Crippen molar-refractivity contribution in [2.24, 2.45) is 5.10 Å². The molecule has 6 heteroatoms. The Kier molecular flexibility index (Phi) is 8.27. The van der Waals surface area contributed by atoms with Crippen LogP contribution in [0.2, 0.25) is 0 Å². The lowest BCUT2D eigenvalue weighted by atomic mass is 10.1. The van der Waals surface area contributed by atoms with Crippen LogP contribution in [0.25, 0.3) is 0 Å². The van der Waals surface area contributed by atoms with E-state index in [-0.39, 0.29) is 0 Å². The molecule has 0 unspecified atom stereocenters. The molecule has 27 heavy (non-hydrogen) atoms. The lowest BCUT2D eigenvalue weighted by Crippen LogP contribution is -2.31. The van der Waals surface area contributed by atoms with E-state index >= 15 is 0 Å². The van der Waals surface area contributed by atoms with Crippen molar-refractivity contribution < 1.29 is 0 Å². The first-order chi connectivity index (χ1) is 13.1. The molecule has 2 N–H and O–H groups in total. The van der Waals surface area contributed by atoms with Crippen LogP contribution in [-0.4, -0.2) is 24.4 Å². The molecule has 0 saturated heterocycles. The number of hydrogen-bond acceptors (Lipinski definition) is 4. The number of hydrogen-bond donors (Lipinski definition) is 2. The Morgan fingerprint density at radius 1 is 1.26 bits per heavy atom. The third-order valence-electron chi connectivity index (χ3n) is 4.16. The highest BCUT2D eigenvalue weighted by atomic mass is 32.1. The summed E-state index contributed by atoms with van der Waals surface area (Å²) in [6, 6.07) is 18.5. The summed E-state index contributed by atoms with van der Waals surface area (Å²) in [5.74, 6) is 0. The zero-order valence-corrected chi connectivity index (χ0v) is 16.6. The van der Waals surface area contributed by atoms with Crippen LogP contribution in [0.3, 0.4) is 0 Å². The fourth-order valence-corrected chi connectivity index (χ4v) is 2.76. The maximum Gasteiger partial charge on any atom is 0.187 e. The van der Waals surface area contributed by atoms with Crippen LogP contribution in [0.15, 0.2) is 53.6 Å². The van der Waals surface area contributed by atoms with E-state index in [9.17, 15) is 0 Å². The number of anilines is 1. The smallest absolute Gasteiger partial charge is 0.187 e. The second-order valence-electron chi connectivity index (χ2n) is 6.07. The highest BCUT2D eigenvalue weighted by Gasteiger charge is 2.05. The molecule has 0 radical (unpaired) electrons. The minimum absolute atomic E-state index is 0.484. The third-order valence-corrected chi connectivity index (χ3v) is 4.40. The Bertz CT molecular complexity index is 811. The summed E-state index contributed by atoms with van der Waals surface area (Å²) >= 11 is 5.24. The molecule has 2 aromatic carbocycles. The van der Waals surface area contributed by atoms with Crippen molar-refractivity contribution in [2.45, 2.75) is 26.8 Å². The number of nitrogens with zero attached hydrogens (tertiary/aromatic N) is 3. The Morgan fingerprint density at radius 2 is 2.04 bits per heavy atom. The molecule has 0 aliphatic heterocycles. The quantitative estimate of drug-likeness (QED) is 0.416. The van der Waals surface area contributed by atoms with Crippen LogP contribution in [-0.2, 0) is 6.54 Å². The number of hydrazone groups is 1. The van der Waals surface area contributed by atoms with Gasteiger partial charge in [-0.25, -0.2) is 0 Å². The van der Waals surface area contributed by atoms with Gasteiger partial charge < -0.3 is 10.2 Å². The van der Waals surface area contributed by atoms with Gasteiger partial charge >= 0.3 is 0 Å².